The molecule has 0 saturated heterocycles. The summed E-state index contributed by atoms with van der Waals surface area (Å²) in [6.45, 7) is 0. The summed E-state index contributed by atoms with van der Waals surface area (Å²) in [5.74, 6) is 1.16. The van der Waals surface area contributed by atoms with Crippen molar-refractivity contribution in [3.63, 3.8) is 0 Å². The predicted octanol–water partition coefficient (Wildman–Crippen LogP) is 2.75. The van der Waals surface area contributed by atoms with Crippen molar-refractivity contribution in [3.8, 4) is 0 Å². The predicted molar refractivity (Wildman–Crippen MR) is 72.1 cm³/mol. The molecule has 2 rings (SSSR count). The largest absolute Gasteiger partial charge is 0.253 e. The second-order valence-corrected chi connectivity index (χ2v) is 5.01. The lowest BCUT2D eigenvalue weighted by Gasteiger charge is -2.13. The average Bonchev–Trinajstić information content (AvgIpc) is 2.74. The van der Waals surface area contributed by atoms with Gasteiger partial charge < -0.3 is 0 Å². The van der Waals surface area contributed by atoms with E-state index in [1.807, 2.05) is 13.1 Å². The lowest BCUT2D eigenvalue weighted by atomic mass is 9.98. The van der Waals surface area contributed by atoms with Crippen LogP contribution in [-0.2, 0) is 19.9 Å². The van der Waals surface area contributed by atoms with Crippen LogP contribution in [0.2, 0.25) is 0 Å². The molecule has 0 aliphatic carbocycles. The Kier molecular flexibility index (Phi) is 4.47. The number of nitrogens with zero attached hydrogens (tertiary/aromatic N) is 3. The smallest absolute Gasteiger partial charge is 0.138 e. The third-order valence-electron chi connectivity index (χ3n) is 2.91. The Balaban J connectivity index is 2.04. The van der Waals surface area contributed by atoms with Gasteiger partial charge in [-0.2, -0.15) is 5.10 Å². The van der Waals surface area contributed by atoms with Gasteiger partial charge in [-0.3, -0.25) is 4.68 Å². The summed E-state index contributed by atoms with van der Waals surface area (Å²) in [6.07, 6.45) is 3.22. The minimum Gasteiger partial charge on any atom is -0.253 e. The normalized spacial score (nSPS) is 12.6. The van der Waals surface area contributed by atoms with Crippen molar-refractivity contribution >= 4 is 15.9 Å². The fourth-order valence-electron chi connectivity index (χ4n) is 1.94. The number of hydrogen-bond acceptors (Lipinski definition) is 2. The molecule has 5 heteroatoms. The van der Waals surface area contributed by atoms with Crippen molar-refractivity contribution in [2.24, 2.45) is 13.0 Å². The zero-order chi connectivity index (χ0) is 13.0. The van der Waals surface area contributed by atoms with Crippen molar-refractivity contribution in [1.82, 2.24) is 14.8 Å². The Morgan fingerprint density at radius 2 is 2.22 bits per heavy atom. The molecule has 1 aromatic carbocycles. The highest BCUT2D eigenvalue weighted by Crippen LogP contribution is 2.16. The van der Waals surface area contributed by atoms with Crippen LogP contribution in [0, 0.1) is 11.7 Å². The van der Waals surface area contributed by atoms with Gasteiger partial charge in [0.25, 0.3) is 0 Å². The summed E-state index contributed by atoms with van der Waals surface area (Å²) in [4.78, 5) is 4.22. The number of rotatable bonds is 5. The zero-order valence-electron chi connectivity index (χ0n) is 10.2. The summed E-state index contributed by atoms with van der Waals surface area (Å²) in [6, 6.07) is 6.76. The molecule has 96 valence electrons. The third-order valence-corrected chi connectivity index (χ3v) is 3.82. The maximum Gasteiger partial charge on any atom is 0.138 e. The first-order valence-corrected chi connectivity index (χ1v) is 6.94. The van der Waals surface area contributed by atoms with Gasteiger partial charge in [0.15, 0.2) is 0 Å². The van der Waals surface area contributed by atoms with Crippen LogP contribution in [0.25, 0.3) is 0 Å². The molecule has 3 nitrogen and oxygen atoms in total. The van der Waals surface area contributed by atoms with Gasteiger partial charge in [0.2, 0.25) is 0 Å². The Morgan fingerprint density at radius 1 is 1.39 bits per heavy atom. The number of aryl methyl sites for hydroxylation is 1. The second-order valence-electron chi connectivity index (χ2n) is 4.36. The Labute approximate surface area is 114 Å². The lowest BCUT2D eigenvalue weighted by molar-refractivity contribution is 0.545. The van der Waals surface area contributed by atoms with Crippen LogP contribution < -0.4 is 0 Å². The lowest BCUT2D eigenvalue weighted by Crippen LogP contribution is -2.13. The molecule has 1 heterocycles. The molecule has 0 radical (unpaired) electrons. The van der Waals surface area contributed by atoms with E-state index in [2.05, 4.69) is 26.0 Å². The zero-order valence-corrected chi connectivity index (χ0v) is 11.8. The van der Waals surface area contributed by atoms with Crippen molar-refractivity contribution in [3.05, 3.63) is 47.8 Å². The highest BCUT2D eigenvalue weighted by molar-refractivity contribution is 9.09. The molecule has 1 atom stereocenters. The maximum atomic E-state index is 13.1. The first kappa shape index (κ1) is 13.2. The summed E-state index contributed by atoms with van der Waals surface area (Å²) in [5, 5.41) is 4.91. The number of aromatic nitrogens is 3. The van der Waals surface area contributed by atoms with Gasteiger partial charge in [-0.05, 0) is 30.0 Å². The molecule has 0 saturated carbocycles. The molecular formula is C13H15BrFN3. The molecule has 0 spiro atoms. The van der Waals surface area contributed by atoms with E-state index in [0.717, 1.165) is 29.6 Å². The summed E-state index contributed by atoms with van der Waals surface area (Å²) < 4.78 is 14.9. The van der Waals surface area contributed by atoms with E-state index in [1.165, 1.54) is 6.07 Å². The number of hydrogen-bond donors (Lipinski definition) is 0. The fourth-order valence-corrected chi connectivity index (χ4v) is 2.40. The minimum absolute atomic E-state index is 0.181. The SMILES string of the molecule is Cn1ncnc1CC(CBr)Cc1cccc(F)c1. The first-order chi connectivity index (χ1) is 8.69. The molecule has 0 aliphatic rings. The number of alkyl halides is 1. The summed E-state index contributed by atoms with van der Waals surface area (Å²) in [5.41, 5.74) is 1.02. The quantitative estimate of drug-likeness (QED) is 0.795. The van der Waals surface area contributed by atoms with Crippen LogP contribution in [0.5, 0.6) is 0 Å². The number of benzene rings is 1. The van der Waals surface area contributed by atoms with Crippen molar-refractivity contribution < 1.29 is 4.39 Å². The third kappa shape index (κ3) is 3.38. The van der Waals surface area contributed by atoms with Gasteiger partial charge in [-0.15, -0.1) is 0 Å². The highest BCUT2D eigenvalue weighted by Gasteiger charge is 2.13. The van der Waals surface area contributed by atoms with Gasteiger partial charge >= 0.3 is 0 Å². The standard InChI is InChI=1S/C13H15BrFN3/c1-18-13(16-9-17-18)7-11(8-14)5-10-3-2-4-12(15)6-10/h2-4,6,9,11H,5,7-8H2,1H3. The van der Waals surface area contributed by atoms with E-state index in [0.29, 0.717) is 5.92 Å². The highest BCUT2D eigenvalue weighted by atomic mass is 79.9. The molecule has 1 unspecified atom stereocenters. The van der Waals surface area contributed by atoms with Gasteiger partial charge in [0, 0.05) is 18.8 Å². The van der Waals surface area contributed by atoms with E-state index >= 15 is 0 Å². The van der Waals surface area contributed by atoms with E-state index in [-0.39, 0.29) is 5.82 Å². The molecule has 2 aromatic rings. The average molecular weight is 312 g/mol. The van der Waals surface area contributed by atoms with E-state index < -0.39 is 0 Å². The van der Waals surface area contributed by atoms with Gasteiger partial charge in [-0.25, -0.2) is 9.37 Å². The van der Waals surface area contributed by atoms with Crippen molar-refractivity contribution in [1.29, 1.82) is 0 Å². The molecule has 0 N–H and O–H groups in total. The van der Waals surface area contributed by atoms with Crippen molar-refractivity contribution in [2.45, 2.75) is 12.8 Å². The Bertz CT molecular complexity index is 512. The van der Waals surface area contributed by atoms with E-state index in [4.69, 9.17) is 0 Å². The van der Waals surface area contributed by atoms with Crippen LogP contribution in [0.4, 0.5) is 4.39 Å². The molecule has 0 amide bonds. The number of halogens is 2. The van der Waals surface area contributed by atoms with Crippen LogP contribution in [0.3, 0.4) is 0 Å². The van der Waals surface area contributed by atoms with Crippen molar-refractivity contribution in [2.75, 3.05) is 5.33 Å². The summed E-state index contributed by atoms with van der Waals surface area (Å²) >= 11 is 3.51. The van der Waals surface area contributed by atoms with E-state index in [1.54, 1.807) is 23.1 Å². The van der Waals surface area contributed by atoms with Crippen LogP contribution >= 0.6 is 15.9 Å². The van der Waals surface area contributed by atoms with E-state index in [9.17, 15) is 4.39 Å². The van der Waals surface area contributed by atoms with Crippen LogP contribution in [-0.4, -0.2) is 20.1 Å². The van der Waals surface area contributed by atoms with Gasteiger partial charge in [0.1, 0.15) is 18.0 Å². The van der Waals surface area contributed by atoms with Crippen LogP contribution in [0.1, 0.15) is 11.4 Å². The van der Waals surface area contributed by atoms with Crippen LogP contribution in [0.15, 0.2) is 30.6 Å². The molecule has 0 aliphatic heterocycles. The monoisotopic (exact) mass is 311 g/mol. The molecule has 1 aromatic heterocycles. The maximum absolute atomic E-state index is 13.1. The molecular weight excluding hydrogens is 297 g/mol. The first-order valence-electron chi connectivity index (χ1n) is 5.82. The molecule has 0 fully saturated rings. The second kappa shape index (κ2) is 6.09. The fraction of sp³-hybridized carbons (Fsp3) is 0.385. The topological polar surface area (TPSA) is 30.7 Å². The van der Waals surface area contributed by atoms with Gasteiger partial charge in [-0.1, -0.05) is 28.1 Å². The summed E-state index contributed by atoms with van der Waals surface area (Å²) in [7, 11) is 1.88. The van der Waals surface area contributed by atoms with Gasteiger partial charge in [0.05, 0.1) is 0 Å². The Hall–Kier alpha value is -1.23. The molecule has 18 heavy (non-hydrogen) atoms. The Morgan fingerprint density at radius 3 is 2.83 bits per heavy atom. The minimum atomic E-state index is -0.181. The molecule has 0 bridgehead atoms.